The first kappa shape index (κ1) is 32.0. The first-order valence-corrected chi connectivity index (χ1v) is 14.9. The van der Waals surface area contributed by atoms with Crippen LogP contribution in [0.3, 0.4) is 0 Å². The molecule has 6 atom stereocenters. The van der Waals surface area contributed by atoms with Gasteiger partial charge >= 0.3 is 13.6 Å². The zero-order valence-electron chi connectivity index (χ0n) is 22.2. The van der Waals surface area contributed by atoms with Crippen LogP contribution in [0.1, 0.15) is 55.6 Å². The molecule has 2 aliphatic rings. The number of aliphatic hydroxyl groups is 2. The van der Waals surface area contributed by atoms with E-state index in [1.165, 1.54) is 16.8 Å². The van der Waals surface area contributed by atoms with Crippen LogP contribution < -0.4 is 27.2 Å². The lowest BCUT2D eigenvalue weighted by molar-refractivity contribution is -0.765. The van der Waals surface area contributed by atoms with Crippen molar-refractivity contribution in [2.75, 3.05) is 12.8 Å². The molecule has 1 aliphatic carbocycles. The maximum absolute atomic E-state index is 13.9. The summed E-state index contributed by atoms with van der Waals surface area (Å²) < 4.78 is 38.3. The van der Waals surface area contributed by atoms with Crippen molar-refractivity contribution in [2.45, 2.75) is 69.7 Å². The highest BCUT2D eigenvalue weighted by Gasteiger charge is 2.49. The minimum Gasteiger partial charge on any atom is -1.00 e. The van der Waals surface area contributed by atoms with E-state index in [9.17, 15) is 24.4 Å². The number of primary amides is 1. The van der Waals surface area contributed by atoms with Crippen LogP contribution in [0, 0.1) is 5.92 Å². The first-order valence-electron chi connectivity index (χ1n) is 13.2. The maximum Gasteiger partial charge on any atom is 0.380 e. The summed E-state index contributed by atoms with van der Waals surface area (Å²) in [7, 11) is -3.96. The van der Waals surface area contributed by atoms with Crippen molar-refractivity contribution >= 4 is 19.5 Å². The number of amides is 1. The number of nitrogens with two attached hydrogens (primary N) is 1. The SMILES string of the molecule is C[C@H](CP(=O)(OC[C@H]1O[C@@H]([n+]2cccc(C(N)=O)c2)[C@H](O)[C@@H]1O)Oc1ccccc1)C(=O)OC1CCCCC1.[Cl-]. The van der Waals surface area contributed by atoms with Crippen LogP contribution in [0.2, 0.25) is 0 Å². The highest BCUT2D eigenvalue weighted by Crippen LogP contribution is 2.50. The molecule has 0 bridgehead atoms. The molecular formula is C27H36ClN2O9P. The Kier molecular flexibility index (Phi) is 11.5. The van der Waals surface area contributed by atoms with Gasteiger partial charge in [-0.2, -0.15) is 4.57 Å². The van der Waals surface area contributed by atoms with Crippen LogP contribution in [0.15, 0.2) is 54.9 Å². The van der Waals surface area contributed by atoms with E-state index < -0.39 is 49.9 Å². The Morgan fingerprint density at radius 2 is 1.80 bits per heavy atom. The smallest absolute Gasteiger partial charge is 0.380 e. The van der Waals surface area contributed by atoms with Crippen molar-refractivity contribution in [3.8, 4) is 5.75 Å². The third-order valence-corrected chi connectivity index (χ3v) is 8.92. The highest BCUT2D eigenvalue weighted by molar-refractivity contribution is 7.54. The van der Waals surface area contributed by atoms with E-state index in [1.54, 1.807) is 49.5 Å². The largest absolute Gasteiger partial charge is 1.00 e. The predicted molar refractivity (Wildman–Crippen MR) is 139 cm³/mol. The number of hydrogen-bond acceptors (Lipinski definition) is 9. The molecule has 1 amide bonds. The van der Waals surface area contributed by atoms with Gasteiger partial charge in [0.05, 0.1) is 18.7 Å². The fourth-order valence-corrected chi connectivity index (χ4v) is 6.60. The summed E-state index contributed by atoms with van der Waals surface area (Å²) in [5, 5.41) is 21.3. The average Bonchev–Trinajstić information content (AvgIpc) is 3.22. The number of esters is 1. The number of nitrogens with zero attached hydrogens (tertiary/aromatic N) is 1. The fourth-order valence-electron chi connectivity index (χ4n) is 4.73. The molecule has 0 radical (unpaired) electrons. The first-order chi connectivity index (χ1) is 18.6. The van der Waals surface area contributed by atoms with Crippen molar-refractivity contribution in [2.24, 2.45) is 11.7 Å². The number of aromatic nitrogens is 1. The molecule has 220 valence electrons. The molecule has 0 spiro atoms. The van der Waals surface area contributed by atoms with Gasteiger partial charge in [-0.3, -0.25) is 14.1 Å². The minimum atomic E-state index is -3.96. The quantitative estimate of drug-likeness (QED) is 0.176. The summed E-state index contributed by atoms with van der Waals surface area (Å²) in [6.45, 7) is 1.22. The predicted octanol–water partition coefficient (Wildman–Crippen LogP) is -0.503. The molecule has 4 rings (SSSR count). The number of pyridine rings is 1. The zero-order valence-corrected chi connectivity index (χ0v) is 23.9. The van der Waals surface area contributed by atoms with E-state index in [0.29, 0.717) is 5.75 Å². The number of hydrogen-bond donors (Lipinski definition) is 3. The summed E-state index contributed by atoms with van der Waals surface area (Å²) in [4.78, 5) is 24.3. The Bertz CT molecular complexity index is 1180. The van der Waals surface area contributed by atoms with E-state index in [4.69, 9.17) is 24.3 Å². The lowest BCUT2D eigenvalue weighted by Gasteiger charge is -2.26. The van der Waals surface area contributed by atoms with Gasteiger partial charge in [-0.25, -0.2) is 4.57 Å². The van der Waals surface area contributed by atoms with E-state index >= 15 is 0 Å². The van der Waals surface area contributed by atoms with Crippen LogP contribution in [-0.2, 0) is 23.4 Å². The Balaban J connectivity index is 0.00000441. The number of halogens is 1. The van der Waals surface area contributed by atoms with Gasteiger partial charge < -0.3 is 42.4 Å². The molecule has 1 aromatic heterocycles. The molecule has 1 aliphatic heterocycles. The normalized spacial score (nSPS) is 25.3. The number of ether oxygens (including phenoxy) is 2. The number of carbonyl (C=O) groups excluding carboxylic acids is 2. The number of aliphatic hydroxyl groups excluding tert-OH is 2. The van der Waals surface area contributed by atoms with Gasteiger partial charge in [0.2, 0.25) is 0 Å². The maximum atomic E-state index is 13.9. The van der Waals surface area contributed by atoms with Gasteiger partial charge in [0.25, 0.3) is 12.1 Å². The molecule has 1 aromatic carbocycles. The summed E-state index contributed by atoms with van der Waals surface area (Å²) in [6, 6.07) is 11.5. The van der Waals surface area contributed by atoms with Crippen molar-refractivity contribution in [1.82, 2.24) is 0 Å². The van der Waals surface area contributed by atoms with E-state index in [0.717, 1.165) is 32.1 Å². The van der Waals surface area contributed by atoms with Crippen LogP contribution in [0.5, 0.6) is 5.75 Å². The Hall–Kier alpha value is -2.53. The highest BCUT2D eigenvalue weighted by atomic mass is 35.5. The molecule has 40 heavy (non-hydrogen) atoms. The Morgan fingerprint density at radius 1 is 1.10 bits per heavy atom. The number of benzene rings is 1. The van der Waals surface area contributed by atoms with Crippen LogP contribution >= 0.6 is 7.60 Å². The van der Waals surface area contributed by atoms with Crippen molar-refractivity contribution in [3.05, 3.63) is 60.4 Å². The average molecular weight is 599 g/mol. The molecule has 13 heteroatoms. The molecule has 2 fully saturated rings. The second-order valence-corrected chi connectivity index (χ2v) is 12.1. The van der Waals surface area contributed by atoms with Crippen molar-refractivity contribution < 1.29 is 59.9 Å². The van der Waals surface area contributed by atoms with E-state index in [2.05, 4.69) is 0 Å². The fraction of sp³-hybridized carbons (Fsp3) is 0.519. The van der Waals surface area contributed by atoms with Gasteiger partial charge in [0.1, 0.15) is 29.6 Å². The molecule has 1 saturated heterocycles. The van der Waals surface area contributed by atoms with E-state index in [1.807, 2.05) is 0 Å². The standard InChI is InChI=1S/C27H35N2O9P.ClH/c1-18(27(33)36-20-10-4-2-5-11-20)17-39(34,38-21-12-6-3-7-13-21)35-16-22-23(30)24(31)26(37-22)29-14-8-9-19(15-29)25(28)32;/h3,6-9,12-15,18,20,22-24,26,30-31H,2,4-5,10-11,16-17H2,1H3,(H-,28,32);1H/t18-,22-,23-,24-,26-,39?;/m1./s1. The Labute approximate surface area is 239 Å². The molecule has 11 nitrogen and oxygen atoms in total. The monoisotopic (exact) mass is 598 g/mol. The van der Waals surface area contributed by atoms with Crippen molar-refractivity contribution in [3.63, 3.8) is 0 Å². The number of carbonyl (C=O) groups is 2. The topological polar surface area (TPSA) is 158 Å². The molecule has 1 unspecified atom stereocenters. The van der Waals surface area contributed by atoms with Crippen LogP contribution in [-0.4, -0.2) is 59.3 Å². The lowest BCUT2D eigenvalue weighted by Crippen LogP contribution is -3.00. The van der Waals surface area contributed by atoms with Gasteiger partial charge in [0, 0.05) is 6.07 Å². The molecule has 1 saturated carbocycles. The summed E-state index contributed by atoms with van der Waals surface area (Å²) in [6.07, 6.45) is 2.43. The number of para-hydroxylation sites is 1. The van der Waals surface area contributed by atoms with Crippen LogP contribution in [0.25, 0.3) is 0 Å². The number of rotatable bonds is 11. The molecule has 4 N–H and O–H groups in total. The van der Waals surface area contributed by atoms with Gasteiger partial charge in [-0.05, 0) is 43.9 Å². The lowest BCUT2D eigenvalue weighted by atomic mass is 9.98. The Morgan fingerprint density at radius 3 is 2.48 bits per heavy atom. The minimum absolute atomic E-state index is 0. The van der Waals surface area contributed by atoms with Gasteiger partial charge in [0.15, 0.2) is 18.5 Å². The van der Waals surface area contributed by atoms with Gasteiger partial charge in [-0.1, -0.05) is 31.5 Å². The summed E-state index contributed by atoms with van der Waals surface area (Å²) in [5.74, 6) is -1.62. The summed E-state index contributed by atoms with van der Waals surface area (Å²) >= 11 is 0. The third-order valence-electron chi connectivity index (χ3n) is 6.90. The summed E-state index contributed by atoms with van der Waals surface area (Å²) in [5.41, 5.74) is 5.53. The van der Waals surface area contributed by atoms with Crippen molar-refractivity contribution in [1.29, 1.82) is 0 Å². The second-order valence-electron chi connectivity index (χ2n) is 10.0. The molecular weight excluding hydrogens is 563 g/mol. The zero-order chi connectivity index (χ0) is 28.0. The molecule has 2 aromatic rings. The molecule has 2 heterocycles. The third kappa shape index (κ3) is 8.25. The van der Waals surface area contributed by atoms with Crippen LogP contribution in [0.4, 0.5) is 0 Å². The van der Waals surface area contributed by atoms with Gasteiger partial charge in [-0.15, -0.1) is 0 Å². The second kappa shape index (κ2) is 14.4. The van der Waals surface area contributed by atoms with E-state index in [-0.39, 0.29) is 36.8 Å².